The van der Waals surface area contributed by atoms with Crippen LogP contribution in [0.1, 0.15) is 0 Å². The molecular weight excluding hydrogens is 288 g/mol. The van der Waals surface area contributed by atoms with Gasteiger partial charge in [-0.3, -0.25) is 14.9 Å². The Kier molecular flexibility index (Phi) is 4.13. The molecule has 0 aliphatic heterocycles. The minimum atomic E-state index is -0.892. The lowest BCUT2D eigenvalue weighted by Gasteiger charge is -1.96. The van der Waals surface area contributed by atoms with Crippen LogP contribution < -0.4 is 0 Å². The summed E-state index contributed by atoms with van der Waals surface area (Å²) in [6, 6.07) is 6.08. The second kappa shape index (κ2) is 5.81. The highest BCUT2D eigenvalue weighted by molar-refractivity contribution is 8.01. The molecule has 0 spiro atoms. The molecule has 8 heteroatoms. The summed E-state index contributed by atoms with van der Waals surface area (Å²) >= 11 is 2.50. The molecule has 6 nitrogen and oxygen atoms in total. The number of hydrogen-bond acceptors (Lipinski definition) is 6. The predicted molar refractivity (Wildman–Crippen MR) is 72.6 cm³/mol. The molecule has 98 valence electrons. The van der Waals surface area contributed by atoms with Crippen molar-refractivity contribution in [1.29, 1.82) is 0 Å². The second-order valence-corrected chi connectivity index (χ2v) is 5.57. The van der Waals surface area contributed by atoms with Crippen LogP contribution in [-0.2, 0) is 4.79 Å². The van der Waals surface area contributed by atoms with E-state index < -0.39 is 10.9 Å². The summed E-state index contributed by atoms with van der Waals surface area (Å²) in [5, 5.41) is 20.9. The van der Waals surface area contributed by atoms with E-state index in [4.69, 9.17) is 5.11 Å². The second-order valence-electron chi connectivity index (χ2n) is 3.49. The summed E-state index contributed by atoms with van der Waals surface area (Å²) in [7, 11) is 0. The molecular formula is C11H8N2O4S2. The van der Waals surface area contributed by atoms with Gasteiger partial charge in [0, 0.05) is 23.1 Å². The normalized spacial score (nSPS) is 10.3. The quantitative estimate of drug-likeness (QED) is 0.518. The summed E-state index contributed by atoms with van der Waals surface area (Å²) in [5.41, 5.74) is 1.48. The van der Waals surface area contributed by atoms with Crippen LogP contribution >= 0.6 is 23.1 Å². The maximum Gasteiger partial charge on any atom is 0.313 e. The summed E-state index contributed by atoms with van der Waals surface area (Å²) in [6.07, 6.45) is 0. The van der Waals surface area contributed by atoms with E-state index >= 15 is 0 Å². The molecule has 0 radical (unpaired) electrons. The lowest BCUT2D eigenvalue weighted by molar-refractivity contribution is -0.384. The number of nitrogens with zero attached hydrogens (tertiary/aromatic N) is 2. The zero-order chi connectivity index (χ0) is 13.8. The maximum absolute atomic E-state index is 10.5. The monoisotopic (exact) mass is 296 g/mol. The Morgan fingerprint density at radius 1 is 1.42 bits per heavy atom. The number of rotatable bonds is 5. The smallest absolute Gasteiger partial charge is 0.313 e. The number of non-ortho nitro benzene ring substituents is 1. The SMILES string of the molecule is O=C(O)CSc1nc(-c2ccc([N+](=O)[O-])cc2)cs1. The van der Waals surface area contributed by atoms with Crippen LogP contribution in [0.3, 0.4) is 0 Å². The Hall–Kier alpha value is -1.93. The molecule has 0 atom stereocenters. The first-order valence-corrected chi connectivity index (χ1v) is 6.98. The Bertz CT molecular complexity index is 609. The fourth-order valence-corrected chi connectivity index (χ4v) is 2.89. The number of nitro groups is 1. The van der Waals surface area contributed by atoms with Gasteiger partial charge in [0.15, 0.2) is 4.34 Å². The van der Waals surface area contributed by atoms with Crippen molar-refractivity contribution in [2.45, 2.75) is 4.34 Å². The van der Waals surface area contributed by atoms with Gasteiger partial charge >= 0.3 is 5.97 Å². The molecule has 0 aliphatic carbocycles. The van der Waals surface area contributed by atoms with E-state index in [1.807, 2.05) is 0 Å². The number of hydrogen-bond donors (Lipinski definition) is 1. The number of carboxylic acid groups (broad SMARTS) is 1. The molecule has 0 fully saturated rings. The molecule has 1 heterocycles. The van der Waals surface area contributed by atoms with Crippen molar-refractivity contribution in [3.63, 3.8) is 0 Å². The highest BCUT2D eigenvalue weighted by Crippen LogP contribution is 2.29. The number of carboxylic acids is 1. The standard InChI is InChI=1S/C11H8N2O4S2/c14-10(15)6-19-11-12-9(5-18-11)7-1-3-8(4-2-7)13(16)17/h1-5H,6H2,(H,14,15). The Labute approximate surface area is 116 Å². The Balaban J connectivity index is 2.13. The molecule has 0 bridgehead atoms. The summed E-state index contributed by atoms with van der Waals surface area (Å²) in [4.78, 5) is 24.8. The molecule has 0 unspecified atom stereocenters. The summed E-state index contributed by atoms with van der Waals surface area (Å²) in [5.74, 6) is -0.926. The molecule has 2 aromatic rings. The molecule has 1 aromatic heterocycles. The van der Waals surface area contributed by atoms with E-state index in [1.165, 1.54) is 23.5 Å². The zero-order valence-electron chi connectivity index (χ0n) is 9.48. The largest absolute Gasteiger partial charge is 0.481 e. The van der Waals surface area contributed by atoms with Gasteiger partial charge < -0.3 is 5.11 Å². The van der Waals surface area contributed by atoms with E-state index in [2.05, 4.69) is 4.98 Å². The predicted octanol–water partition coefficient (Wildman–Crippen LogP) is 2.90. The number of carbonyl (C=O) groups is 1. The van der Waals surface area contributed by atoms with Crippen molar-refractivity contribution in [2.75, 3.05) is 5.75 Å². The van der Waals surface area contributed by atoms with Crippen molar-refractivity contribution in [2.24, 2.45) is 0 Å². The summed E-state index contributed by atoms with van der Waals surface area (Å²) in [6.45, 7) is 0. The van der Waals surface area contributed by atoms with Gasteiger partial charge in [-0.25, -0.2) is 4.98 Å². The van der Waals surface area contributed by atoms with Gasteiger partial charge in [-0.1, -0.05) is 11.8 Å². The van der Waals surface area contributed by atoms with E-state index in [-0.39, 0.29) is 11.4 Å². The first-order chi connectivity index (χ1) is 9.06. The van der Waals surface area contributed by atoms with Gasteiger partial charge in [-0.15, -0.1) is 11.3 Å². The highest BCUT2D eigenvalue weighted by Gasteiger charge is 2.09. The number of thiazole rings is 1. The fourth-order valence-electron chi connectivity index (χ4n) is 1.33. The van der Waals surface area contributed by atoms with Gasteiger partial charge in [0.1, 0.15) is 0 Å². The van der Waals surface area contributed by atoms with Gasteiger partial charge in [-0.2, -0.15) is 0 Å². The molecule has 0 amide bonds. The van der Waals surface area contributed by atoms with Crippen molar-refractivity contribution >= 4 is 34.8 Å². The minimum Gasteiger partial charge on any atom is -0.481 e. The molecule has 1 aromatic carbocycles. The number of thioether (sulfide) groups is 1. The Morgan fingerprint density at radius 2 is 2.11 bits per heavy atom. The lowest BCUT2D eigenvalue weighted by atomic mass is 10.1. The fraction of sp³-hybridized carbons (Fsp3) is 0.0909. The third-order valence-electron chi connectivity index (χ3n) is 2.18. The van der Waals surface area contributed by atoms with Crippen molar-refractivity contribution < 1.29 is 14.8 Å². The van der Waals surface area contributed by atoms with Gasteiger partial charge in [0.25, 0.3) is 5.69 Å². The molecule has 2 rings (SSSR count). The first kappa shape index (κ1) is 13.5. The molecule has 19 heavy (non-hydrogen) atoms. The third-order valence-corrected chi connectivity index (χ3v) is 4.18. The number of aliphatic carboxylic acids is 1. The molecule has 1 N–H and O–H groups in total. The summed E-state index contributed by atoms with van der Waals surface area (Å²) < 4.78 is 0.663. The van der Waals surface area contributed by atoms with E-state index in [1.54, 1.807) is 17.5 Å². The first-order valence-electron chi connectivity index (χ1n) is 5.11. The van der Waals surface area contributed by atoms with E-state index in [0.29, 0.717) is 10.0 Å². The molecule has 0 saturated heterocycles. The van der Waals surface area contributed by atoms with Crippen LogP contribution in [0.15, 0.2) is 34.0 Å². The molecule has 0 aliphatic rings. The topological polar surface area (TPSA) is 93.3 Å². The van der Waals surface area contributed by atoms with Crippen LogP contribution in [-0.4, -0.2) is 26.7 Å². The van der Waals surface area contributed by atoms with Crippen LogP contribution in [0, 0.1) is 10.1 Å². The third kappa shape index (κ3) is 3.52. The van der Waals surface area contributed by atoms with Crippen molar-refractivity contribution in [1.82, 2.24) is 4.98 Å². The van der Waals surface area contributed by atoms with Gasteiger partial charge in [0.2, 0.25) is 0 Å². The van der Waals surface area contributed by atoms with Crippen molar-refractivity contribution in [3.05, 3.63) is 39.8 Å². The highest BCUT2D eigenvalue weighted by atomic mass is 32.2. The van der Waals surface area contributed by atoms with Crippen LogP contribution in [0.4, 0.5) is 5.69 Å². The minimum absolute atomic E-state index is 0.0273. The van der Waals surface area contributed by atoms with Crippen LogP contribution in [0.2, 0.25) is 0 Å². The van der Waals surface area contributed by atoms with Gasteiger partial charge in [0.05, 0.1) is 16.4 Å². The number of benzene rings is 1. The van der Waals surface area contributed by atoms with Crippen LogP contribution in [0.25, 0.3) is 11.3 Å². The zero-order valence-corrected chi connectivity index (χ0v) is 11.1. The van der Waals surface area contributed by atoms with Crippen molar-refractivity contribution in [3.8, 4) is 11.3 Å². The average molecular weight is 296 g/mol. The van der Waals surface area contributed by atoms with E-state index in [0.717, 1.165) is 17.3 Å². The van der Waals surface area contributed by atoms with Crippen LogP contribution in [0.5, 0.6) is 0 Å². The Morgan fingerprint density at radius 3 is 2.68 bits per heavy atom. The number of nitro benzene ring substituents is 1. The van der Waals surface area contributed by atoms with Gasteiger partial charge in [-0.05, 0) is 12.1 Å². The molecule has 0 saturated carbocycles. The van der Waals surface area contributed by atoms with E-state index in [9.17, 15) is 14.9 Å². The lowest BCUT2D eigenvalue weighted by Crippen LogP contribution is -1.96. The maximum atomic E-state index is 10.5. The number of aromatic nitrogens is 1. The average Bonchev–Trinajstić information content (AvgIpc) is 2.85.